The largest absolute Gasteiger partial charge is 0.497 e. The van der Waals surface area contributed by atoms with Gasteiger partial charge in [0.15, 0.2) is 0 Å². The van der Waals surface area contributed by atoms with Crippen molar-refractivity contribution in [3.63, 3.8) is 0 Å². The highest BCUT2D eigenvalue weighted by Gasteiger charge is 2.50. The van der Waals surface area contributed by atoms with Crippen LogP contribution >= 0.6 is 0 Å². The number of carbonyl (C=O) groups is 1. The number of H-pyrrole nitrogens is 1. The number of ether oxygens (including phenoxy) is 1. The smallest absolute Gasteiger partial charge is 0.325 e. The van der Waals surface area contributed by atoms with Gasteiger partial charge in [-0.25, -0.2) is 9.18 Å². The van der Waals surface area contributed by atoms with Crippen molar-refractivity contribution in [3.05, 3.63) is 66.2 Å². The third-order valence-electron chi connectivity index (χ3n) is 6.54. The van der Waals surface area contributed by atoms with Gasteiger partial charge in [-0.05, 0) is 61.3 Å². The van der Waals surface area contributed by atoms with E-state index in [1.165, 1.54) is 19.2 Å². The monoisotopic (exact) mass is 435 g/mol. The Labute approximate surface area is 186 Å². The number of hydrogen-bond acceptors (Lipinski definition) is 4. The molecule has 1 aromatic heterocycles. The first-order valence-corrected chi connectivity index (χ1v) is 10.8. The number of anilines is 1. The summed E-state index contributed by atoms with van der Waals surface area (Å²) in [7, 11) is 1.52. The molecule has 2 N–H and O–H groups in total. The highest BCUT2D eigenvalue weighted by atomic mass is 19.1. The molecule has 3 aromatic rings. The fraction of sp³-hybridized carbons (Fsp3) is 0.333. The lowest BCUT2D eigenvalue weighted by Gasteiger charge is -2.40. The van der Waals surface area contributed by atoms with Crippen molar-refractivity contribution in [3.8, 4) is 16.9 Å². The summed E-state index contributed by atoms with van der Waals surface area (Å²) in [5.74, 6) is 0.0924. The van der Waals surface area contributed by atoms with Gasteiger partial charge in [-0.3, -0.25) is 10.00 Å². The lowest BCUT2D eigenvalue weighted by Crippen LogP contribution is -2.53. The number of nitrogens with one attached hydrogen (secondary N) is 2. The minimum atomic E-state index is -0.364. The second-order valence-electron chi connectivity index (χ2n) is 8.46. The van der Waals surface area contributed by atoms with Crippen LogP contribution in [0.2, 0.25) is 0 Å². The number of rotatable bonds is 5. The lowest BCUT2D eigenvalue weighted by atomic mass is 9.87. The molecule has 0 unspecified atom stereocenters. The first-order chi connectivity index (χ1) is 15.6. The van der Waals surface area contributed by atoms with Gasteiger partial charge >= 0.3 is 6.03 Å². The number of hydrogen-bond donors (Lipinski definition) is 2. The molecule has 2 fully saturated rings. The fourth-order valence-corrected chi connectivity index (χ4v) is 4.81. The van der Waals surface area contributed by atoms with Crippen LogP contribution in [-0.4, -0.2) is 53.4 Å². The van der Waals surface area contributed by atoms with Crippen molar-refractivity contribution in [2.24, 2.45) is 0 Å². The van der Waals surface area contributed by atoms with E-state index in [1.807, 2.05) is 40.3 Å². The number of methoxy groups -OCH3 is 1. The van der Waals surface area contributed by atoms with Gasteiger partial charge < -0.3 is 15.0 Å². The maximum atomic E-state index is 14.1. The van der Waals surface area contributed by atoms with Crippen LogP contribution in [0.15, 0.2) is 54.9 Å². The zero-order valence-corrected chi connectivity index (χ0v) is 18.0. The number of benzene rings is 2. The predicted molar refractivity (Wildman–Crippen MR) is 120 cm³/mol. The van der Waals surface area contributed by atoms with Crippen LogP contribution in [0.25, 0.3) is 11.1 Å². The Kier molecular flexibility index (Phi) is 5.30. The number of piperidine rings is 1. The Bertz CT molecular complexity index is 1090. The van der Waals surface area contributed by atoms with Crippen LogP contribution in [0.5, 0.6) is 5.75 Å². The first-order valence-electron chi connectivity index (χ1n) is 10.8. The van der Waals surface area contributed by atoms with Gasteiger partial charge in [0.25, 0.3) is 0 Å². The van der Waals surface area contributed by atoms with E-state index in [0.717, 1.165) is 48.3 Å². The number of aromatic nitrogens is 2. The number of amides is 2. The van der Waals surface area contributed by atoms with Gasteiger partial charge in [0.05, 0.1) is 25.4 Å². The summed E-state index contributed by atoms with van der Waals surface area (Å²) in [5, 5.41) is 10.2. The van der Waals surface area contributed by atoms with Crippen molar-refractivity contribution in [1.29, 1.82) is 0 Å². The van der Waals surface area contributed by atoms with E-state index in [2.05, 4.69) is 15.5 Å². The summed E-state index contributed by atoms with van der Waals surface area (Å²) in [6.45, 7) is 2.66. The Balaban J connectivity index is 1.45. The number of halogens is 1. The number of aromatic amines is 1. The molecule has 2 aliphatic heterocycles. The second-order valence-corrected chi connectivity index (χ2v) is 8.46. The molecule has 0 atom stereocenters. The van der Waals surface area contributed by atoms with Crippen LogP contribution in [-0.2, 0) is 6.54 Å². The predicted octanol–water partition coefficient (Wildman–Crippen LogP) is 3.79. The maximum absolute atomic E-state index is 14.1. The summed E-state index contributed by atoms with van der Waals surface area (Å²) in [6, 6.07) is 12.5. The van der Waals surface area contributed by atoms with E-state index < -0.39 is 0 Å². The van der Waals surface area contributed by atoms with Gasteiger partial charge in [-0.2, -0.15) is 5.10 Å². The van der Waals surface area contributed by atoms with E-state index in [9.17, 15) is 9.18 Å². The Morgan fingerprint density at radius 1 is 1.12 bits per heavy atom. The molecule has 1 spiro atoms. The van der Waals surface area contributed by atoms with E-state index >= 15 is 0 Å². The summed E-state index contributed by atoms with van der Waals surface area (Å²) < 4.78 is 19.3. The number of nitrogens with zero attached hydrogens (tertiary/aromatic N) is 3. The molecule has 0 bridgehead atoms. The molecule has 166 valence electrons. The number of urea groups is 1. The topological polar surface area (TPSA) is 73.5 Å². The first kappa shape index (κ1) is 20.5. The molecular formula is C24H26FN5O2. The molecule has 0 saturated carbocycles. The van der Waals surface area contributed by atoms with Crippen LogP contribution in [0.4, 0.5) is 14.9 Å². The summed E-state index contributed by atoms with van der Waals surface area (Å²) >= 11 is 0. The molecule has 2 aromatic carbocycles. The molecular weight excluding hydrogens is 409 g/mol. The van der Waals surface area contributed by atoms with Crippen molar-refractivity contribution >= 4 is 11.7 Å². The third kappa shape index (κ3) is 3.71. The summed E-state index contributed by atoms with van der Waals surface area (Å²) in [6.07, 6.45) is 5.33. The van der Waals surface area contributed by atoms with Gasteiger partial charge in [0.1, 0.15) is 11.6 Å². The quantitative estimate of drug-likeness (QED) is 0.640. The zero-order chi connectivity index (χ0) is 22.1. The van der Waals surface area contributed by atoms with Crippen LogP contribution in [0, 0.1) is 5.82 Å². The van der Waals surface area contributed by atoms with Gasteiger partial charge in [0, 0.05) is 30.1 Å². The molecule has 32 heavy (non-hydrogen) atoms. The lowest BCUT2D eigenvalue weighted by molar-refractivity contribution is 0.119. The van der Waals surface area contributed by atoms with Crippen LogP contribution in [0.1, 0.15) is 18.4 Å². The molecule has 0 radical (unpaired) electrons. The number of carbonyl (C=O) groups excluding carboxylic acids is 1. The maximum Gasteiger partial charge on any atom is 0.325 e. The average molecular weight is 436 g/mol. The minimum absolute atomic E-state index is 0.0498. The van der Waals surface area contributed by atoms with E-state index in [-0.39, 0.29) is 17.4 Å². The highest BCUT2D eigenvalue weighted by Crippen LogP contribution is 2.38. The van der Waals surface area contributed by atoms with Gasteiger partial charge in [-0.1, -0.05) is 12.1 Å². The van der Waals surface area contributed by atoms with Crippen molar-refractivity contribution in [1.82, 2.24) is 20.4 Å². The normalized spacial score (nSPS) is 17.9. The van der Waals surface area contributed by atoms with Gasteiger partial charge in [-0.15, -0.1) is 0 Å². The molecule has 2 aliphatic rings. The Morgan fingerprint density at radius 2 is 1.91 bits per heavy atom. The van der Waals surface area contributed by atoms with E-state index in [1.54, 1.807) is 12.3 Å². The average Bonchev–Trinajstić information content (AvgIpc) is 3.43. The van der Waals surface area contributed by atoms with E-state index in [4.69, 9.17) is 4.74 Å². The molecule has 7 nitrogen and oxygen atoms in total. The minimum Gasteiger partial charge on any atom is -0.497 e. The standard InChI is InChI=1S/C24H26FN5O2/c1-32-22-11-17(10-20(25)12-22)15-30-23(31)29(16-24(30)6-8-26-9-7-24)21-4-2-18(3-5-21)19-13-27-28-14-19/h2-5,10-14,26H,6-9,15-16H2,1H3,(H,27,28). The van der Waals surface area contributed by atoms with Crippen molar-refractivity contribution < 1.29 is 13.9 Å². The van der Waals surface area contributed by atoms with Crippen molar-refractivity contribution in [2.45, 2.75) is 24.9 Å². The Morgan fingerprint density at radius 3 is 2.59 bits per heavy atom. The summed E-state index contributed by atoms with van der Waals surface area (Å²) in [4.78, 5) is 17.4. The summed E-state index contributed by atoms with van der Waals surface area (Å²) in [5.41, 5.74) is 3.34. The molecule has 2 saturated heterocycles. The van der Waals surface area contributed by atoms with Crippen LogP contribution in [0.3, 0.4) is 0 Å². The highest BCUT2D eigenvalue weighted by molar-refractivity contribution is 5.95. The molecule has 3 heterocycles. The van der Waals surface area contributed by atoms with Crippen molar-refractivity contribution in [2.75, 3.05) is 31.6 Å². The Hall–Kier alpha value is -3.39. The SMILES string of the molecule is COc1cc(F)cc(CN2C(=O)N(c3ccc(-c4cn[nH]c4)cc3)CC23CCNCC3)c1. The second kappa shape index (κ2) is 8.27. The van der Waals surface area contributed by atoms with Gasteiger partial charge in [0.2, 0.25) is 0 Å². The molecule has 8 heteroatoms. The van der Waals surface area contributed by atoms with Crippen LogP contribution < -0.4 is 15.0 Å². The fourth-order valence-electron chi connectivity index (χ4n) is 4.81. The molecule has 2 amide bonds. The zero-order valence-electron chi connectivity index (χ0n) is 18.0. The molecule has 5 rings (SSSR count). The molecule has 0 aliphatic carbocycles. The van der Waals surface area contributed by atoms with E-state index in [0.29, 0.717) is 18.8 Å². The third-order valence-corrected chi connectivity index (χ3v) is 6.54.